The number of carbonyl (C=O) groups excluding carboxylic acids is 1. The standard InChI is InChI=1S/C26H23N3O/c1-28-25(21-15-9-4-10-16-21)23(17-19-11-5-2-6-12-19)29-24(30)18-22(27-26(28)29)20-13-7-3-8-14-20/h2-17,22,25H,18H2,1H3/b23-17-/t22-,25-/m1/s1. The number of benzene rings is 3. The third kappa shape index (κ3) is 3.20. The Morgan fingerprint density at radius 2 is 1.40 bits per heavy atom. The van der Waals surface area contributed by atoms with Gasteiger partial charge in [-0.15, -0.1) is 0 Å². The van der Waals surface area contributed by atoms with Gasteiger partial charge in [-0.25, -0.2) is 4.99 Å². The van der Waals surface area contributed by atoms with E-state index >= 15 is 0 Å². The second kappa shape index (κ2) is 7.64. The molecule has 0 N–H and O–H groups in total. The first kappa shape index (κ1) is 18.4. The number of amides is 1. The maximum absolute atomic E-state index is 13.4. The fourth-order valence-corrected chi connectivity index (χ4v) is 4.32. The summed E-state index contributed by atoms with van der Waals surface area (Å²) in [6.45, 7) is 0. The maximum atomic E-state index is 13.4. The van der Waals surface area contributed by atoms with Crippen LogP contribution in [0.25, 0.3) is 6.08 Å². The number of likely N-dealkylation sites (N-methyl/N-ethyl adjacent to an activating group) is 1. The normalized spacial score (nSPS) is 22.2. The van der Waals surface area contributed by atoms with Crippen molar-refractivity contribution >= 4 is 17.9 Å². The third-order valence-electron chi connectivity index (χ3n) is 5.74. The summed E-state index contributed by atoms with van der Waals surface area (Å²) in [5, 5.41) is 0. The van der Waals surface area contributed by atoms with Crippen LogP contribution in [-0.4, -0.2) is 28.7 Å². The molecule has 0 bridgehead atoms. The Hall–Kier alpha value is -3.66. The van der Waals surface area contributed by atoms with Gasteiger partial charge >= 0.3 is 0 Å². The fraction of sp³-hybridized carbons (Fsp3) is 0.154. The molecular weight excluding hydrogens is 370 g/mol. The van der Waals surface area contributed by atoms with E-state index in [1.165, 1.54) is 0 Å². The van der Waals surface area contributed by atoms with E-state index in [0.717, 1.165) is 28.3 Å². The monoisotopic (exact) mass is 393 g/mol. The zero-order valence-corrected chi connectivity index (χ0v) is 16.8. The van der Waals surface area contributed by atoms with Crippen LogP contribution in [0.3, 0.4) is 0 Å². The number of hydrogen-bond donors (Lipinski definition) is 0. The summed E-state index contributed by atoms with van der Waals surface area (Å²) < 4.78 is 0. The van der Waals surface area contributed by atoms with E-state index < -0.39 is 0 Å². The topological polar surface area (TPSA) is 35.9 Å². The quantitative estimate of drug-likeness (QED) is 0.625. The van der Waals surface area contributed by atoms with Crippen LogP contribution in [-0.2, 0) is 4.79 Å². The van der Waals surface area contributed by atoms with Crippen molar-refractivity contribution in [3.8, 4) is 0 Å². The molecular formula is C26H23N3O. The highest BCUT2D eigenvalue weighted by molar-refractivity contribution is 6.04. The Balaban J connectivity index is 1.64. The number of hydrogen-bond acceptors (Lipinski definition) is 3. The summed E-state index contributed by atoms with van der Waals surface area (Å²) in [5.74, 6) is 0.803. The molecule has 0 aromatic heterocycles. The minimum Gasteiger partial charge on any atom is -0.333 e. The highest BCUT2D eigenvalue weighted by Crippen LogP contribution is 2.42. The van der Waals surface area contributed by atoms with Gasteiger partial charge in [-0.05, 0) is 22.8 Å². The lowest BCUT2D eigenvalue weighted by Crippen LogP contribution is -2.40. The number of guanidine groups is 1. The highest BCUT2D eigenvalue weighted by atomic mass is 16.2. The van der Waals surface area contributed by atoms with E-state index in [-0.39, 0.29) is 18.0 Å². The van der Waals surface area contributed by atoms with Crippen LogP contribution < -0.4 is 0 Å². The van der Waals surface area contributed by atoms with Gasteiger partial charge in [0.25, 0.3) is 0 Å². The molecule has 3 aromatic carbocycles. The summed E-state index contributed by atoms with van der Waals surface area (Å²) in [7, 11) is 2.02. The van der Waals surface area contributed by atoms with E-state index in [1.807, 2.05) is 78.7 Å². The van der Waals surface area contributed by atoms with Gasteiger partial charge in [0.15, 0.2) is 0 Å². The van der Waals surface area contributed by atoms with Crippen molar-refractivity contribution in [2.24, 2.45) is 4.99 Å². The smallest absolute Gasteiger partial charge is 0.236 e. The molecule has 1 fully saturated rings. The molecule has 4 heteroatoms. The van der Waals surface area contributed by atoms with Gasteiger partial charge in [0.1, 0.15) is 0 Å². The van der Waals surface area contributed by atoms with Crippen molar-refractivity contribution < 1.29 is 4.79 Å². The molecule has 4 nitrogen and oxygen atoms in total. The maximum Gasteiger partial charge on any atom is 0.236 e. The molecule has 0 radical (unpaired) electrons. The average molecular weight is 393 g/mol. The van der Waals surface area contributed by atoms with Gasteiger partial charge in [0.05, 0.1) is 24.2 Å². The molecule has 0 unspecified atom stereocenters. The van der Waals surface area contributed by atoms with E-state index in [0.29, 0.717) is 6.42 Å². The Morgan fingerprint density at radius 3 is 2.03 bits per heavy atom. The van der Waals surface area contributed by atoms with Crippen molar-refractivity contribution in [1.82, 2.24) is 9.80 Å². The minimum atomic E-state index is -0.153. The Morgan fingerprint density at radius 1 is 0.833 bits per heavy atom. The highest BCUT2D eigenvalue weighted by Gasteiger charge is 2.45. The molecule has 1 amide bonds. The van der Waals surface area contributed by atoms with Gasteiger partial charge in [0.2, 0.25) is 11.9 Å². The van der Waals surface area contributed by atoms with Crippen LogP contribution in [0.1, 0.15) is 35.2 Å². The van der Waals surface area contributed by atoms with Crippen LogP contribution in [0.2, 0.25) is 0 Å². The number of carbonyl (C=O) groups is 1. The van der Waals surface area contributed by atoms with Crippen molar-refractivity contribution in [2.45, 2.75) is 18.5 Å². The van der Waals surface area contributed by atoms with Crippen molar-refractivity contribution in [3.05, 3.63) is 113 Å². The molecule has 2 aliphatic rings. The predicted octanol–water partition coefficient (Wildman–Crippen LogP) is 5.04. The summed E-state index contributed by atoms with van der Waals surface area (Å²) >= 11 is 0. The first-order valence-electron chi connectivity index (χ1n) is 10.2. The largest absolute Gasteiger partial charge is 0.333 e. The first-order valence-corrected chi connectivity index (χ1v) is 10.2. The van der Waals surface area contributed by atoms with Crippen molar-refractivity contribution in [2.75, 3.05) is 7.05 Å². The van der Waals surface area contributed by atoms with Crippen LogP contribution in [0, 0.1) is 0 Å². The zero-order valence-electron chi connectivity index (χ0n) is 16.8. The minimum absolute atomic E-state index is 0.0661. The molecule has 1 saturated heterocycles. The van der Waals surface area contributed by atoms with Crippen molar-refractivity contribution in [3.63, 3.8) is 0 Å². The third-order valence-corrected chi connectivity index (χ3v) is 5.74. The number of aliphatic imine (C=N–C) groups is 1. The molecule has 0 saturated carbocycles. The van der Waals surface area contributed by atoms with Gasteiger partial charge in [-0.3, -0.25) is 9.69 Å². The fourth-order valence-electron chi connectivity index (χ4n) is 4.32. The SMILES string of the molecule is CN1C2=N[C@@H](c3ccccc3)CC(=O)N2/C(=C\c2ccccc2)[C@H]1c1ccccc1. The van der Waals surface area contributed by atoms with Gasteiger partial charge in [-0.1, -0.05) is 91.0 Å². The van der Waals surface area contributed by atoms with E-state index in [4.69, 9.17) is 4.99 Å². The predicted molar refractivity (Wildman–Crippen MR) is 119 cm³/mol. The summed E-state index contributed by atoms with van der Waals surface area (Å²) in [4.78, 5) is 22.3. The molecule has 0 aliphatic carbocycles. The Kier molecular flexibility index (Phi) is 4.68. The Labute approximate surface area is 176 Å². The van der Waals surface area contributed by atoms with Crippen LogP contribution in [0.4, 0.5) is 0 Å². The van der Waals surface area contributed by atoms with Gasteiger partial charge in [-0.2, -0.15) is 0 Å². The van der Waals surface area contributed by atoms with Crippen LogP contribution in [0.5, 0.6) is 0 Å². The summed E-state index contributed by atoms with van der Waals surface area (Å²) in [6.07, 6.45) is 2.48. The van der Waals surface area contributed by atoms with Gasteiger partial charge < -0.3 is 4.90 Å². The number of rotatable bonds is 3. The van der Waals surface area contributed by atoms with Crippen LogP contribution >= 0.6 is 0 Å². The van der Waals surface area contributed by atoms with Gasteiger partial charge in [0, 0.05) is 7.05 Å². The number of nitrogens with zero attached hydrogens (tertiary/aromatic N) is 3. The Bertz CT molecular complexity index is 1110. The lowest BCUT2D eigenvalue weighted by Gasteiger charge is -2.27. The molecule has 2 atom stereocenters. The molecule has 0 spiro atoms. The molecule has 2 heterocycles. The zero-order chi connectivity index (χ0) is 20.5. The molecule has 3 aromatic rings. The van der Waals surface area contributed by atoms with E-state index in [9.17, 15) is 4.79 Å². The number of fused-ring (bicyclic) bond motifs is 1. The first-order chi connectivity index (χ1) is 14.7. The second-order valence-electron chi connectivity index (χ2n) is 7.69. The molecule has 5 rings (SSSR count). The average Bonchev–Trinajstić information content (AvgIpc) is 3.07. The lowest BCUT2D eigenvalue weighted by atomic mass is 10.00. The second-order valence-corrected chi connectivity index (χ2v) is 7.69. The molecule has 2 aliphatic heterocycles. The molecule has 148 valence electrons. The van der Waals surface area contributed by atoms with E-state index in [1.54, 1.807) is 0 Å². The summed E-state index contributed by atoms with van der Waals surface area (Å²) in [6, 6.07) is 30.3. The summed E-state index contributed by atoms with van der Waals surface area (Å²) in [5.41, 5.74) is 4.23. The van der Waals surface area contributed by atoms with E-state index in [2.05, 4.69) is 35.2 Å². The van der Waals surface area contributed by atoms with Crippen LogP contribution in [0.15, 0.2) is 102 Å². The molecule has 30 heavy (non-hydrogen) atoms. The van der Waals surface area contributed by atoms with Crippen molar-refractivity contribution in [1.29, 1.82) is 0 Å². The lowest BCUT2D eigenvalue weighted by molar-refractivity contribution is -0.126.